The van der Waals surface area contributed by atoms with E-state index in [4.69, 9.17) is 4.74 Å². The van der Waals surface area contributed by atoms with E-state index in [0.29, 0.717) is 0 Å². The van der Waals surface area contributed by atoms with Crippen LogP contribution in [0.3, 0.4) is 0 Å². The number of hydrogen-bond donors (Lipinski definition) is 1. The van der Waals surface area contributed by atoms with Crippen molar-refractivity contribution in [2.24, 2.45) is 5.92 Å². The largest absolute Gasteiger partial charge is 0.494 e. The Balaban J connectivity index is 1.18. The average molecular weight is 358 g/mol. The number of likely N-dealkylation sites (tertiary alicyclic amines) is 2. The molecule has 4 heteroatoms. The van der Waals surface area contributed by atoms with E-state index in [9.17, 15) is 0 Å². The van der Waals surface area contributed by atoms with E-state index >= 15 is 0 Å². The Hall–Kier alpha value is -1.10. The minimum Gasteiger partial charge on any atom is -0.494 e. The molecular weight excluding hydrogens is 322 g/mol. The first-order valence-corrected chi connectivity index (χ1v) is 10.8. The molecule has 1 N–H and O–H groups in total. The fourth-order valence-electron chi connectivity index (χ4n) is 4.91. The van der Waals surface area contributed by atoms with Gasteiger partial charge < -0.3 is 15.0 Å². The molecule has 4 rings (SSSR count). The minimum atomic E-state index is 0.745. The van der Waals surface area contributed by atoms with Gasteiger partial charge in [0.2, 0.25) is 0 Å². The fraction of sp³-hybridized carbons (Fsp3) is 0.727. The van der Waals surface area contributed by atoms with Crippen molar-refractivity contribution in [3.05, 3.63) is 29.8 Å². The Labute approximate surface area is 158 Å². The molecule has 1 aromatic carbocycles. The number of ether oxygens (including phenoxy) is 1. The van der Waals surface area contributed by atoms with E-state index in [1.165, 1.54) is 70.4 Å². The molecular formula is C22H35N3O. The van der Waals surface area contributed by atoms with Crippen LogP contribution in [0.4, 0.5) is 0 Å². The van der Waals surface area contributed by atoms with Crippen LogP contribution in [0.1, 0.15) is 44.1 Å². The van der Waals surface area contributed by atoms with Gasteiger partial charge in [0.25, 0.3) is 0 Å². The lowest BCUT2D eigenvalue weighted by Crippen LogP contribution is -2.33. The predicted molar refractivity (Wildman–Crippen MR) is 107 cm³/mol. The van der Waals surface area contributed by atoms with E-state index in [1.54, 1.807) is 0 Å². The van der Waals surface area contributed by atoms with E-state index in [-0.39, 0.29) is 0 Å². The van der Waals surface area contributed by atoms with Crippen LogP contribution in [0.25, 0.3) is 0 Å². The highest BCUT2D eigenvalue weighted by Gasteiger charge is 2.37. The molecule has 3 aliphatic heterocycles. The summed E-state index contributed by atoms with van der Waals surface area (Å²) in [7, 11) is 0. The lowest BCUT2D eigenvalue weighted by Gasteiger charge is -2.26. The molecule has 0 spiro atoms. The molecule has 1 aromatic rings. The number of nitrogens with one attached hydrogen (secondary N) is 1. The number of hydrogen-bond acceptors (Lipinski definition) is 4. The standard InChI is InChI=1S/C22H35N3O/c1-2-10-24(11-3-1)12-4-5-14-26-21-8-6-7-19(15-21)18-25-13-9-20-16-23-17-22(20)25/h6-8,15,20,22-23H,1-5,9-14,16-18H2/t20-,22+/m0/s1. The molecule has 3 heterocycles. The smallest absolute Gasteiger partial charge is 0.119 e. The summed E-state index contributed by atoms with van der Waals surface area (Å²) in [6, 6.07) is 9.50. The molecule has 0 aliphatic carbocycles. The second-order valence-corrected chi connectivity index (χ2v) is 8.35. The molecule has 144 valence electrons. The van der Waals surface area contributed by atoms with E-state index in [2.05, 4.69) is 39.4 Å². The number of unbranched alkanes of at least 4 members (excludes halogenated alkanes) is 1. The summed E-state index contributed by atoms with van der Waals surface area (Å²) >= 11 is 0. The third-order valence-corrected chi connectivity index (χ3v) is 6.43. The lowest BCUT2D eigenvalue weighted by atomic mass is 10.0. The van der Waals surface area contributed by atoms with Gasteiger partial charge in [0.05, 0.1) is 6.61 Å². The summed E-state index contributed by atoms with van der Waals surface area (Å²) in [5.41, 5.74) is 1.39. The Morgan fingerprint density at radius 2 is 1.96 bits per heavy atom. The fourth-order valence-corrected chi connectivity index (χ4v) is 4.91. The maximum atomic E-state index is 6.04. The Morgan fingerprint density at radius 1 is 1.04 bits per heavy atom. The molecule has 3 saturated heterocycles. The van der Waals surface area contributed by atoms with Crippen LogP contribution in [0.2, 0.25) is 0 Å². The van der Waals surface area contributed by atoms with Crippen molar-refractivity contribution in [3.63, 3.8) is 0 Å². The SMILES string of the molecule is c1cc(CN2CC[C@H]3CNC[C@H]32)cc(OCCCCN2CCCCC2)c1. The first-order valence-electron chi connectivity index (χ1n) is 10.8. The van der Waals surface area contributed by atoms with Gasteiger partial charge in [-0.2, -0.15) is 0 Å². The quantitative estimate of drug-likeness (QED) is 0.724. The highest BCUT2D eigenvalue weighted by molar-refractivity contribution is 5.28. The van der Waals surface area contributed by atoms with Gasteiger partial charge in [-0.3, -0.25) is 4.90 Å². The van der Waals surface area contributed by atoms with Crippen molar-refractivity contribution in [2.45, 2.75) is 51.1 Å². The van der Waals surface area contributed by atoms with Crippen LogP contribution < -0.4 is 10.1 Å². The summed E-state index contributed by atoms with van der Waals surface area (Å²) < 4.78 is 6.04. The molecule has 3 fully saturated rings. The van der Waals surface area contributed by atoms with Crippen molar-refractivity contribution in [2.75, 3.05) is 45.9 Å². The molecule has 0 radical (unpaired) electrons. The summed E-state index contributed by atoms with van der Waals surface area (Å²) in [6.07, 6.45) is 7.96. The topological polar surface area (TPSA) is 27.7 Å². The number of fused-ring (bicyclic) bond motifs is 1. The zero-order chi connectivity index (χ0) is 17.6. The predicted octanol–water partition coefficient (Wildman–Crippen LogP) is 3.13. The van der Waals surface area contributed by atoms with Gasteiger partial charge in [0, 0.05) is 19.1 Å². The number of benzene rings is 1. The van der Waals surface area contributed by atoms with Crippen LogP contribution in [-0.4, -0.2) is 61.7 Å². The van der Waals surface area contributed by atoms with Gasteiger partial charge in [-0.15, -0.1) is 0 Å². The normalized spacial score (nSPS) is 26.9. The van der Waals surface area contributed by atoms with Crippen molar-refractivity contribution in [1.29, 1.82) is 0 Å². The molecule has 0 saturated carbocycles. The molecule has 0 bridgehead atoms. The Bertz CT molecular complexity index is 558. The van der Waals surface area contributed by atoms with Gasteiger partial charge in [-0.25, -0.2) is 0 Å². The number of rotatable bonds is 8. The summed E-state index contributed by atoms with van der Waals surface area (Å²) in [5, 5.41) is 3.55. The summed E-state index contributed by atoms with van der Waals surface area (Å²) in [6.45, 7) is 9.38. The van der Waals surface area contributed by atoms with Crippen LogP contribution in [0.15, 0.2) is 24.3 Å². The first-order chi connectivity index (χ1) is 12.9. The van der Waals surface area contributed by atoms with E-state index in [1.807, 2.05) is 0 Å². The van der Waals surface area contributed by atoms with Crippen LogP contribution in [0.5, 0.6) is 5.75 Å². The molecule has 0 unspecified atom stereocenters. The maximum absolute atomic E-state index is 6.04. The third-order valence-electron chi connectivity index (χ3n) is 6.43. The minimum absolute atomic E-state index is 0.745. The number of nitrogens with zero attached hydrogens (tertiary/aromatic N) is 2. The first kappa shape index (κ1) is 18.3. The molecule has 2 atom stereocenters. The second-order valence-electron chi connectivity index (χ2n) is 8.35. The molecule has 0 aromatic heterocycles. The van der Waals surface area contributed by atoms with Crippen molar-refractivity contribution >= 4 is 0 Å². The van der Waals surface area contributed by atoms with Gasteiger partial charge in [0.15, 0.2) is 0 Å². The van der Waals surface area contributed by atoms with Crippen LogP contribution in [-0.2, 0) is 6.54 Å². The highest BCUT2D eigenvalue weighted by atomic mass is 16.5. The Kier molecular flexibility index (Phi) is 6.47. The summed E-state index contributed by atoms with van der Waals surface area (Å²) in [4.78, 5) is 5.27. The molecule has 3 aliphatic rings. The van der Waals surface area contributed by atoms with Crippen LogP contribution >= 0.6 is 0 Å². The van der Waals surface area contributed by atoms with Gasteiger partial charge >= 0.3 is 0 Å². The maximum Gasteiger partial charge on any atom is 0.119 e. The number of piperidine rings is 1. The Morgan fingerprint density at radius 3 is 2.88 bits per heavy atom. The monoisotopic (exact) mass is 357 g/mol. The lowest BCUT2D eigenvalue weighted by molar-refractivity contribution is 0.215. The average Bonchev–Trinajstić information content (AvgIpc) is 3.28. The second kappa shape index (κ2) is 9.20. The zero-order valence-electron chi connectivity index (χ0n) is 16.2. The van der Waals surface area contributed by atoms with Gasteiger partial charge in [-0.05, 0) is 88.4 Å². The van der Waals surface area contributed by atoms with Crippen molar-refractivity contribution < 1.29 is 4.74 Å². The molecule has 26 heavy (non-hydrogen) atoms. The van der Waals surface area contributed by atoms with E-state index in [0.717, 1.165) is 43.8 Å². The van der Waals surface area contributed by atoms with Crippen molar-refractivity contribution in [1.82, 2.24) is 15.1 Å². The van der Waals surface area contributed by atoms with E-state index < -0.39 is 0 Å². The van der Waals surface area contributed by atoms with Crippen LogP contribution in [0, 0.1) is 5.92 Å². The molecule has 0 amide bonds. The van der Waals surface area contributed by atoms with Gasteiger partial charge in [-0.1, -0.05) is 18.6 Å². The van der Waals surface area contributed by atoms with Crippen molar-refractivity contribution in [3.8, 4) is 5.75 Å². The highest BCUT2D eigenvalue weighted by Crippen LogP contribution is 2.29. The zero-order valence-corrected chi connectivity index (χ0v) is 16.2. The molecule has 4 nitrogen and oxygen atoms in total. The summed E-state index contributed by atoms with van der Waals surface area (Å²) in [5.74, 6) is 1.91. The third kappa shape index (κ3) is 4.79. The van der Waals surface area contributed by atoms with Gasteiger partial charge in [0.1, 0.15) is 5.75 Å².